The summed E-state index contributed by atoms with van der Waals surface area (Å²) in [6.07, 6.45) is 2.11. The van der Waals surface area contributed by atoms with Crippen molar-refractivity contribution in [2.75, 3.05) is 4.90 Å². The van der Waals surface area contributed by atoms with Crippen LogP contribution in [0.5, 0.6) is 0 Å². The standard InChI is InChI=1S/C21H16ClN3O3S/c1-2-10-24-16-7-6-14(22)12-17(16)29-21(24)23-20(28)13-4-3-5-15(11-13)25-18(26)8-9-19(25)27/h2-7,11-12H,1,8-10H2. The molecule has 0 saturated carbocycles. The van der Waals surface area contributed by atoms with E-state index in [1.807, 2.05) is 16.7 Å². The molecule has 2 aromatic carbocycles. The molecule has 0 atom stereocenters. The molecule has 0 aliphatic carbocycles. The third kappa shape index (κ3) is 3.66. The lowest BCUT2D eigenvalue weighted by Crippen LogP contribution is -2.28. The SMILES string of the molecule is C=CCn1c(=NC(=O)c2cccc(N3C(=O)CCC3=O)c2)sc2cc(Cl)ccc21. The fourth-order valence-corrected chi connectivity index (χ4v) is 4.55. The topological polar surface area (TPSA) is 71.7 Å². The van der Waals surface area contributed by atoms with Gasteiger partial charge in [0.05, 0.1) is 15.9 Å². The lowest BCUT2D eigenvalue weighted by Gasteiger charge is -2.14. The second-order valence-corrected chi connectivity index (χ2v) is 7.93. The highest BCUT2D eigenvalue weighted by Gasteiger charge is 2.30. The third-order valence-electron chi connectivity index (χ3n) is 4.56. The van der Waals surface area contributed by atoms with Crippen LogP contribution in [-0.2, 0) is 16.1 Å². The minimum atomic E-state index is -0.457. The van der Waals surface area contributed by atoms with E-state index < -0.39 is 5.91 Å². The van der Waals surface area contributed by atoms with E-state index in [-0.39, 0.29) is 24.7 Å². The van der Waals surface area contributed by atoms with E-state index in [2.05, 4.69) is 11.6 Å². The summed E-state index contributed by atoms with van der Waals surface area (Å²) in [5, 5.41) is 0.607. The molecule has 1 fully saturated rings. The lowest BCUT2D eigenvalue weighted by atomic mass is 10.2. The highest BCUT2D eigenvalue weighted by atomic mass is 35.5. The number of carbonyl (C=O) groups excluding carboxylic acids is 3. The van der Waals surface area contributed by atoms with Crippen molar-refractivity contribution in [1.82, 2.24) is 4.57 Å². The molecule has 29 heavy (non-hydrogen) atoms. The molecular weight excluding hydrogens is 410 g/mol. The van der Waals surface area contributed by atoms with Crippen molar-refractivity contribution in [3.05, 3.63) is 70.5 Å². The Morgan fingerprint density at radius 2 is 1.93 bits per heavy atom. The quantitative estimate of drug-likeness (QED) is 0.469. The van der Waals surface area contributed by atoms with Crippen molar-refractivity contribution < 1.29 is 14.4 Å². The Bertz CT molecular complexity index is 1230. The van der Waals surface area contributed by atoms with E-state index >= 15 is 0 Å². The van der Waals surface area contributed by atoms with Crippen molar-refractivity contribution in [3.8, 4) is 0 Å². The molecule has 146 valence electrons. The Morgan fingerprint density at radius 3 is 2.66 bits per heavy atom. The fraction of sp³-hybridized carbons (Fsp3) is 0.143. The number of imide groups is 1. The number of allylic oxidation sites excluding steroid dienone is 1. The van der Waals surface area contributed by atoms with Gasteiger partial charge < -0.3 is 4.57 Å². The van der Waals surface area contributed by atoms with E-state index in [0.717, 1.165) is 15.1 Å². The van der Waals surface area contributed by atoms with Gasteiger partial charge in [0.1, 0.15) is 0 Å². The molecule has 6 nitrogen and oxygen atoms in total. The fourth-order valence-electron chi connectivity index (χ4n) is 3.23. The van der Waals surface area contributed by atoms with Crippen LogP contribution in [0.4, 0.5) is 5.69 Å². The van der Waals surface area contributed by atoms with Gasteiger partial charge in [-0.1, -0.05) is 35.1 Å². The van der Waals surface area contributed by atoms with Crippen LogP contribution in [0.3, 0.4) is 0 Å². The largest absolute Gasteiger partial charge is 0.312 e. The van der Waals surface area contributed by atoms with Gasteiger partial charge in [0, 0.05) is 30.0 Å². The molecule has 1 aromatic heterocycles. The summed E-state index contributed by atoms with van der Waals surface area (Å²) >= 11 is 7.44. The number of aromatic nitrogens is 1. The monoisotopic (exact) mass is 425 g/mol. The van der Waals surface area contributed by atoms with Crippen molar-refractivity contribution in [1.29, 1.82) is 0 Å². The van der Waals surface area contributed by atoms with Crippen LogP contribution >= 0.6 is 22.9 Å². The number of anilines is 1. The Hall–Kier alpha value is -3.03. The first-order valence-corrected chi connectivity index (χ1v) is 10.1. The summed E-state index contributed by atoms with van der Waals surface area (Å²) in [6.45, 7) is 4.26. The van der Waals surface area contributed by atoms with Crippen LogP contribution in [0, 0.1) is 0 Å². The van der Waals surface area contributed by atoms with E-state index in [4.69, 9.17) is 11.6 Å². The maximum Gasteiger partial charge on any atom is 0.279 e. The molecule has 0 unspecified atom stereocenters. The van der Waals surface area contributed by atoms with Gasteiger partial charge >= 0.3 is 0 Å². The molecule has 0 bridgehead atoms. The van der Waals surface area contributed by atoms with E-state index in [0.29, 0.717) is 27.6 Å². The van der Waals surface area contributed by atoms with Crippen molar-refractivity contribution >= 4 is 56.6 Å². The van der Waals surface area contributed by atoms with Crippen molar-refractivity contribution in [2.45, 2.75) is 19.4 Å². The number of carbonyl (C=O) groups is 3. The second kappa shape index (κ2) is 7.77. The van der Waals surface area contributed by atoms with Gasteiger partial charge in [-0.05, 0) is 36.4 Å². The Labute approximate surface area is 175 Å². The molecule has 0 spiro atoms. The molecule has 1 aliphatic heterocycles. The minimum absolute atomic E-state index is 0.188. The zero-order valence-electron chi connectivity index (χ0n) is 15.3. The third-order valence-corrected chi connectivity index (χ3v) is 5.83. The molecule has 3 aromatic rings. The first kappa shape index (κ1) is 19.3. The zero-order valence-corrected chi connectivity index (χ0v) is 16.9. The second-order valence-electron chi connectivity index (χ2n) is 6.49. The lowest BCUT2D eigenvalue weighted by molar-refractivity contribution is -0.121. The zero-order chi connectivity index (χ0) is 20.5. The first-order chi connectivity index (χ1) is 14.0. The Kier molecular flexibility index (Phi) is 5.17. The highest BCUT2D eigenvalue weighted by Crippen LogP contribution is 2.24. The molecule has 1 saturated heterocycles. The number of amides is 3. The number of benzene rings is 2. The maximum absolute atomic E-state index is 12.8. The number of fused-ring (bicyclic) bond motifs is 1. The number of hydrogen-bond acceptors (Lipinski definition) is 4. The molecule has 3 amide bonds. The number of thiazole rings is 1. The van der Waals surface area contributed by atoms with Crippen LogP contribution in [0.25, 0.3) is 10.2 Å². The number of nitrogens with zero attached hydrogens (tertiary/aromatic N) is 3. The molecule has 1 aliphatic rings. The van der Waals surface area contributed by atoms with Crippen molar-refractivity contribution in [2.24, 2.45) is 4.99 Å². The molecule has 0 radical (unpaired) electrons. The van der Waals surface area contributed by atoms with Crippen LogP contribution in [0.15, 0.2) is 60.1 Å². The predicted octanol–water partition coefficient (Wildman–Crippen LogP) is 3.94. The van der Waals surface area contributed by atoms with Crippen LogP contribution in [0.2, 0.25) is 5.02 Å². The van der Waals surface area contributed by atoms with Crippen LogP contribution in [0.1, 0.15) is 23.2 Å². The summed E-state index contributed by atoms with van der Waals surface area (Å²) in [6, 6.07) is 11.9. The van der Waals surface area contributed by atoms with E-state index in [1.54, 1.807) is 30.3 Å². The van der Waals surface area contributed by atoms with Gasteiger partial charge in [-0.2, -0.15) is 4.99 Å². The smallest absolute Gasteiger partial charge is 0.279 e. The first-order valence-electron chi connectivity index (χ1n) is 8.92. The summed E-state index contributed by atoms with van der Waals surface area (Å²) in [5.74, 6) is -0.982. The van der Waals surface area contributed by atoms with E-state index in [1.165, 1.54) is 17.4 Å². The number of halogens is 1. The molecule has 0 N–H and O–H groups in total. The highest BCUT2D eigenvalue weighted by molar-refractivity contribution is 7.16. The molecule has 8 heteroatoms. The Morgan fingerprint density at radius 1 is 1.17 bits per heavy atom. The average molecular weight is 426 g/mol. The molecule has 4 rings (SSSR count). The Balaban J connectivity index is 1.76. The van der Waals surface area contributed by atoms with Gasteiger partial charge in [-0.3, -0.25) is 19.3 Å². The van der Waals surface area contributed by atoms with Crippen LogP contribution in [-0.4, -0.2) is 22.3 Å². The molecular formula is C21H16ClN3O3S. The number of rotatable bonds is 4. The van der Waals surface area contributed by atoms with Gasteiger partial charge in [0.2, 0.25) is 11.8 Å². The number of hydrogen-bond donors (Lipinski definition) is 0. The van der Waals surface area contributed by atoms with Gasteiger partial charge in [-0.25, -0.2) is 0 Å². The maximum atomic E-state index is 12.8. The van der Waals surface area contributed by atoms with Gasteiger partial charge in [-0.15, -0.1) is 6.58 Å². The van der Waals surface area contributed by atoms with Gasteiger partial charge in [0.25, 0.3) is 5.91 Å². The summed E-state index contributed by atoms with van der Waals surface area (Å²) < 4.78 is 2.80. The van der Waals surface area contributed by atoms with Crippen molar-refractivity contribution in [3.63, 3.8) is 0 Å². The summed E-state index contributed by atoms with van der Waals surface area (Å²) in [4.78, 5) is 42.7. The predicted molar refractivity (Wildman–Crippen MR) is 113 cm³/mol. The van der Waals surface area contributed by atoms with Gasteiger partial charge in [0.15, 0.2) is 4.80 Å². The minimum Gasteiger partial charge on any atom is -0.312 e. The summed E-state index contributed by atoms with van der Waals surface area (Å²) in [7, 11) is 0. The summed E-state index contributed by atoms with van der Waals surface area (Å²) in [5.41, 5.74) is 1.60. The van der Waals surface area contributed by atoms with Crippen LogP contribution < -0.4 is 9.70 Å². The average Bonchev–Trinajstić information content (AvgIpc) is 3.21. The molecule has 2 heterocycles. The van der Waals surface area contributed by atoms with E-state index in [9.17, 15) is 14.4 Å². The normalized spacial score (nSPS) is 14.8.